The third-order valence-electron chi connectivity index (χ3n) is 5.37. The molecule has 4 atom stereocenters. The summed E-state index contributed by atoms with van der Waals surface area (Å²) >= 11 is 0. The van der Waals surface area contributed by atoms with Crippen molar-refractivity contribution in [3.8, 4) is 0 Å². The number of likely N-dealkylation sites (N-methyl/N-ethyl adjacent to an activating group) is 1. The molecule has 132 valence electrons. The van der Waals surface area contributed by atoms with Crippen molar-refractivity contribution in [2.45, 2.75) is 75.3 Å². The first-order valence-corrected chi connectivity index (χ1v) is 9.02. The Labute approximate surface area is 138 Å². The highest BCUT2D eigenvalue weighted by Crippen LogP contribution is 2.27. The second-order valence-corrected chi connectivity index (χ2v) is 7.33. The SMILES string of the molecule is CN1C[C@@H](O)COC[C@H]2O[C@@H](CC(=O)NC3CCCC3)CC[C@@H]21. The third-order valence-corrected chi connectivity index (χ3v) is 5.37. The lowest BCUT2D eigenvalue weighted by Crippen LogP contribution is -2.54. The molecule has 6 heteroatoms. The number of hydrogen-bond donors (Lipinski definition) is 2. The van der Waals surface area contributed by atoms with Gasteiger partial charge in [0.25, 0.3) is 0 Å². The number of rotatable bonds is 3. The number of hydrogen-bond acceptors (Lipinski definition) is 5. The standard InChI is InChI=1S/C17H30N2O4/c1-19-9-13(20)10-22-11-16-15(19)7-6-14(23-16)8-17(21)18-12-4-2-3-5-12/h12-16,20H,2-11H2,1H3,(H,18,21)/t13-,14-,15+,16-/m1/s1. The Morgan fingerprint density at radius 2 is 2.00 bits per heavy atom. The normalized spacial score (nSPS) is 37.0. The first-order chi connectivity index (χ1) is 11.1. The zero-order valence-electron chi connectivity index (χ0n) is 14.1. The van der Waals surface area contributed by atoms with Crippen LogP contribution < -0.4 is 5.32 Å². The highest BCUT2D eigenvalue weighted by Gasteiger charge is 2.36. The molecule has 6 nitrogen and oxygen atoms in total. The van der Waals surface area contributed by atoms with E-state index in [1.807, 2.05) is 7.05 Å². The Morgan fingerprint density at radius 3 is 2.78 bits per heavy atom. The van der Waals surface area contributed by atoms with Gasteiger partial charge >= 0.3 is 0 Å². The van der Waals surface area contributed by atoms with E-state index in [9.17, 15) is 9.90 Å². The Balaban J connectivity index is 1.49. The van der Waals surface area contributed by atoms with E-state index in [0.29, 0.717) is 32.2 Å². The third kappa shape index (κ3) is 4.66. The highest BCUT2D eigenvalue weighted by atomic mass is 16.5. The molecular formula is C17H30N2O4. The summed E-state index contributed by atoms with van der Waals surface area (Å²) in [5.74, 6) is 0.121. The van der Waals surface area contributed by atoms with Crippen molar-refractivity contribution < 1.29 is 19.4 Å². The molecule has 2 heterocycles. The molecule has 2 N–H and O–H groups in total. The predicted octanol–water partition coefficient (Wildman–Crippen LogP) is 0.674. The quantitative estimate of drug-likeness (QED) is 0.798. The molecule has 1 amide bonds. The molecule has 3 aliphatic rings. The monoisotopic (exact) mass is 326 g/mol. The van der Waals surface area contributed by atoms with Gasteiger partial charge in [-0.2, -0.15) is 0 Å². The Hall–Kier alpha value is -0.690. The lowest BCUT2D eigenvalue weighted by molar-refractivity contribution is -0.153. The van der Waals surface area contributed by atoms with Crippen LogP contribution in [0, 0.1) is 0 Å². The summed E-state index contributed by atoms with van der Waals surface area (Å²) < 4.78 is 11.7. The van der Waals surface area contributed by atoms with Crippen molar-refractivity contribution in [2.75, 3.05) is 26.8 Å². The van der Waals surface area contributed by atoms with E-state index in [0.717, 1.165) is 25.7 Å². The molecule has 0 aromatic heterocycles. The number of carbonyl (C=O) groups excluding carboxylic acids is 1. The molecule has 1 aliphatic carbocycles. The molecule has 0 spiro atoms. The molecule has 0 unspecified atom stereocenters. The average molecular weight is 326 g/mol. The molecule has 2 saturated heterocycles. The van der Waals surface area contributed by atoms with Crippen LogP contribution in [0.3, 0.4) is 0 Å². The molecule has 23 heavy (non-hydrogen) atoms. The van der Waals surface area contributed by atoms with Crippen LogP contribution in [-0.2, 0) is 14.3 Å². The predicted molar refractivity (Wildman–Crippen MR) is 86.2 cm³/mol. The Kier molecular flexibility index (Phi) is 5.91. The van der Waals surface area contributed by atoms with Gasteiger partial charge in [0.1, 0.15) is 0 Å². The first kappa shape index (κ1) is 17.1. The lowest BCUT2D eigenvalue weighted by Gasteiger charge is -2.43. The maximum absolute atomic E-state index is 12.2. The van der Waals surface area contributed by atoms with Gasteiger partial charge in [-0.3, -0.25) is 9.69 Å². The van der Waals surface area contributed by atoms with Crippen LogP contribution >= 0.6 is 0 Å². The highest BCUT2D eigenvalue weighted by molar-refractivity contribution is 5.76. The smallest absolute Gasteiger partial charge is 0.222 e. The number of β-amino-alcohol motifs (C(OH)–C–C–N with tert-alkyl or cyclic N) is 1. The molecule has 0 radical (unpaired) electrons. The first-order valence-electron chi connectivity index (χ1n) is 9.02. The van der Waals surface area contributed by atoms with Crippen LogP contribution in [0.2, 0.25) is 0 Å². The van der Waals surface area contributed by atoms with Gasteiger partial charge in [0.05, 0.1) is 37.9 Å². The van der Waals surface area contributed by atoms with Crippen LogP contribution in [0.4, 0.5) is 0 Å². The van der Waals surface area contributed by atoms with Gasteiger partial charge in [-0.25, -0.2) is 0 Å². The fourth-order valence-electron chi connectivity index (χ4n) is 4.16. The molecule has 1 saturated carbocycles. The van der Waals surface area contributed by atoms with Crippen LogP contribution in [0.1, 0.15) is 44.9 Å². The van der Waals surface area contributed by atoms with Gasteiger partial charge in [-0.1, -0.05) is 12.8 Å². The van der Waals surface area contributed by atoms with Gasteiger partial charge < -0.3 is 19.9 Å². The number of aliphatic hydroxyl groups excluding tert-OH is 1. The number of nitrogens with zero attached hydrogens (tertiary/aromatic N) is 1. The minimum Gasteiger partial charge on any atom is -0.389 e. The fourth-order valence-corrected chi connectivity index (χ4v) is 4.16. The number of aliphatic hydroxyl groups is 1. The number of carbonyl (C=O) groups is 1. The summed E-state index contributed by atoms with van der Waals surface area (Å²) in [5.41, 5.74) is 0. The fraction of sp³-hybridized carbons (Fsp3) is 0.941. The van der Waals surface area contributed by atoms with Crippen molar-refractivity contribution in [3.05, 3.63) is 0 Å². The molecule has 0 bridgehead atoms. The molecule has 0 aromatic carbocycles. The minimum atomic E-state index is -0.434. The van der Waals surface area contributed by atoms with E-state index in [4.69, 9.17) is 9.47 Å². The van der Waals surface area contributed by atoms with E-state index in [-0.39, 0.29) is 24.2 Å². The van der Waals surface area contributed by atoms with Crippen molar-refractivity contribution in [1.29, 1.82) is 0 Å². The molecule has 0 aromatic rings. The average Bonchev–Trinajstić information content (AvgIpc) is 2.98. The maximum atomic E-state index is 12.2. The van der Waals surface area contributed by atoms with Crippen LogP contribution in [0.5, 0.6) is 0 Å². The Morgan fingerprint density at radius 1 is 1.22 bits per heavy atom. The second kappa shape index (κ2) is 7.92. The van der Waals surface area contributed by atoms with E-state index in [1.54, 1.807) is 0 Å². The Bertz CT molecular complexity index is 400. The summed E-state index contributed by atoms with van der Waals surface area (Å²) in [6, 6.07) is 0.635. The van der Waals surface area contributed by atoms with Gasteiger partial charge in [0, 0.05) is 18.6 Å². The largest absolute Gasteiger partial charge is 0.389 e. The summed E-state index contributed by atoms with van der Waals surface area (Å²) in [5, 5.41) is 13.0. The van der Waals surface area contributed by atoms with E-state index >= 15 is 0 Å². The van der Waals surface area contributed by atoms with E-state index in [2.05, 4.69) is 10.2 Å². The summed E-state index contributed by atoms with van der Waals surface area (Å²) in [4.78, 5) is 14.4. The van der Waals surface area contributed by atoms with Gasteiger partial charge in [-0.05, 0) is 32.7 Å². The van der Waals surface area contributed by atoms with Crippen LogP contribution in [0.15, 0.2) is 0 Å². The summed E-state index contributed by atoms with van der Waals surface area (Å²) in [6.07, 6.45) is 6.55. The van der Waals surface area contributed by atoms with Crippen LogP contribution in [-0.4, -0.2) is 73.1 Å². The maximum Gasteiger partial charge on any atom is 0.222 e. The van der Waals surface area contributed by atoms with Crippen molar-refractivity contribution in [3.63, 3.8) is 0 Å². The molecule has 3 fully saturated rings. The number of ether oxygens (including phenoxy) is 2. The molecule has 3 rings (SSSR count). The van der Waals surface area contributed by atoms with E-state index < -0.39 is 6.10 Å². The zero-order chi connectivity index (χ0) is 16.2. The van der Waals surface area contributed by atoms with Crippen LogP contribution in [0.25, 0.3) is 0 Å². The van der Waals surface area contributed by atoms with Gasteiger partial charge in [-0.15, -0.1) is 0 Å². The summed E-state index contributed by atoms with van der Waals surface area (Å²) in [7, 11) is 2.03. The molecule has 2 aliphatic heterocycles. The number of amides is 1. The van der Waals surface area contributed by atoms with Crippen molar-refractivity contribution in [2.24, 2.45) is 0 Å². The number of nitrogens with one attached hydrogen (secondary N) is 1. The minimum absolute atomic E-state index is 0.00877. The van der Waals surface area contributed by atoms with Crippen molar-refractivity contribution in [1.82, 2.24) is 10.2 Å². The summed E-state index contributed by atoms with van der Waals surface area (Å²) in [6.45, 7) is 1.45. The topological polar surface area (TPSA) is 71.0 Å². The lowest BCUT2D eigenvalue weighted by atomic mass is 9.95. The second-order valence-electron chi connectivity index (χ2n) is 7.33. The van der Waals surface area contributed by atoms with Gasteiger partial charge in [0.15, 0.2) is 0 Å². The number of fused-ring (bicyclic) bond motifs is 1. The van der Waals surface area contributed by atoms with E-state index in [1.165, 1.54) is 12.8 Å². The molecular weight excluding hydrogens is 296 g/mol. The zero-order valence-corrected chi connectivity index (χ0v) is 14.1. The van der Waals surface area contributed by atoms with Crippen molar-refractivity contribution >= 4 is 5.91 Å². The van der Waals surface area contributed by atoms with Gasteiger partial charge in [0.2, 0.25) is 5.91 Å².